The number of methoxy groups -OCH3 is 1. The predicted molar refractivity (Wildman–Crippen MR) is 80.2 cm³/mol. The van der Waals surface area contributed by atoms with Crippen molar-refractivity contribution in [2.75, 3.05) is 39.9 Å². The molecule has 0 aromatic rings. The summed E-state index contributed by atoms with van der Waals surface area (Å²) in [6, 6.07) is 0. The van der Waals surface area contributed by atoms with Crippen LogP contribution in [0.1, 0.15) is 51.4 Å². The number of piperidine rings is 1. The molecule has 1 heterocycles. The van der Waals surface area contributed by atoms with Gasteiger partial charge < -0.3 is 15.4 Å². The first-order valence-electron chi connectivity index (χ1n) is 8.19. The molecule has 2 rings (SSSR count). The van der Waals surface area contributed by atoms with Crippen LogP contribution in [0.2, 0.25) is 0 Å². The van der Waals surface area contributed by atoms with Crippen molar-refractivity contribution >= 4 is 0 Å². The summed E-state index contributed by atoms with van der Waals surface area (Å²) in [5, 5.41) is 0. The molecule has 0 bridgehead atoms. The van der Waals surface area contributed by atoms with Crippen LogP contribution in [0.4, 0.5) is 0 Å². The molecule has 2 aliphatic rings. The van der Waals surface area contributed by atoms with Crippen LogP contribution in [0.15, 0.2) is 0 Å². The minimum atomic E-state index is 0.474. The number of hydrogen-bond acceptors (Lipinski definition) is 3. The first-order valence-corrected chi connectivity index (χ1v) is 8.19. The molecule has 112 valence electrons. The standard InChI is InChI=1S/C16H32N2O/c1-19-13-15-5-10-18(11-6-15)12-9-16(14-17)7-3-2-4-8-16/h15H,2-14,17H2,1H3. The number of likely N-dealkylation sites (tertiary alicyclic amines) is 1. The van der Waals surface area contributed by atoms with Gasteiger partial charge in [0.25, 0.3) is 0 Å². The maximum absolute atomic E-state index is 6.08. The molecule has 0 unspecified atom stereocenters. The highest BCUT2D eigenvalue weighted by Gasteiger charge is 2.31. The SMILES string of the molecule is COCC1CCN(CCC2(CN)CCCCC2)CC1. The van der Waals surface area contributed by atoms with Crippen molar-refractivity contribution in [1.82, 2.24) is 4.90 Å². The third kappa shape index (κ3) is 4.44. The van der Waals surface area contributed by atoms with Crippen molar-refractivity contribution in [3.8, 4) is 0 Å². The smallest absolute Gasteiger partial charge is 0.0491 e. The van der Waals surface area contributed by atoms with Crippen molar-refractivity contribution in [3.05, 3.63) is 0 Å². The third-order valence-corrected chi connectivity index (χ3v) is 5.42. The molecule has 1 saturated heterocycles. The van der Waals surface area contributed by atoms with Crippen LogP contribution in [-0.2, 0) is 4.74 Å². The second-order valence-corrected chi connectivity index (χ2v) is 6.76. The minimum Gasteiger partial charge on any atom is -0.384 e. The van der Waals surface area contributed by atoms with Crippen molar-refractivity contribution < 1.29 is 4.74 Å². The van der Waals surface area contributed by atoms with E-state index in [0.29, 0.717) is 5.41 Å². The van der Waals surface area contributed by atoms with Crippen molar-refractivity contribution in [1.29, 1.82) is 0 Å². The zero-order valence-electron chi connectivity index (χ0n) is 12.7. The molecule has 0 radical (unpaired) electrons. The highest BCUT2D eigenvalue weighted by Crippen LogP contribution is 2.38. The fourth-order valence-corrected chi connectivity index (χ4v) is 3.87. The molecular weight excluding hydrogens is 236 g/mol. The van der Waals surface area contributed by atoms with E-state index in [1.165, 1.54) is 71.0 Å². The van der Waals surface area contributed by atoms with Gasteiger partial charge >= 0.3 is 0 Å². The number of nitrogens with two attached hydrogens (primary N) is 1. The van der Waals surface area contributed by atoms with Crippen molar-refractivity contribution in [2.45, 2.75) is 51.4 Å². The summed E-state index contributed by atoms with van der Waals surface area (Å²) >= 11 is 0. The number of hydrogen-bond donors (Lipinski definition) is 1. The first-order chi connectivity index (χ1) is 9.28. The van der Waals surface area contributed by atoms with E-state index in [1.54, 1.807) is 0 Å². The highest BCUT2D eigenvalue weighted by molar-refractivity contribution is 4.85. The van der Waals surface area contributed by atoms with Crippen LogP contribution in [0, 0.1) is 11.3 Å². The zero-order valence-corrected chi connectivity index (χ0v) is 12.7. The molecule has 1 aliphatic heterocycles. The molecule has 0 amide bonds. The molecule has 0 atom stereocenters. The second kappa shape index (κ2) is 7.61. The number of ether oxygens (including phenoxy) is 1. The summed E-state index contributed by atoms with van der Waals surface area (Å²) in [5.74, 6) is 0.791. The average Bonchev–Trinajstić information content (AvgIpc) is 2.48. The van der Waals surface area contributed by atoms with Gasteiger partial charge in [-0.1, -0.05) is 19.3 Å². The fraction of sp³-hybridized carbons (Fsp3) is 1.00. The Morgan fingerprint density at radius 2 is 1.84 bits per heavy atom. The highest BCUT2D eigenvalue weighted by atomic mass is 16.5. The third-order valence-electron chi connectivity index (χ3n) is 5.42. The van der Waals surface area contributed by atoms with Crippen LogP contribution in [0.3, 0.4) is 0 Å². The molecule has 0 spiro atoms. The summed E-state index contributed by atoms with van der Waals surface area (Å²) < 4.78 is 5.27. The Morgan fingerprint density at radius 1 is 1.16 bits per heavy atom. The van der Waals surface area contributed by atoms with E-state index in [9.17, 15) is 0 Å². The van der Waals surface area contributed by atoms with Gasteiger partial charge in [0.1, 0.15) is 0 Å². The molecule has 1 aliphatic carbocycles. The molecule has 2 N–H and O–H groups in total. The Kier molecular flexibility index (Phi) is 6.11. The topological polar surface area (TPSA) is 38.5 Å². The largest absolute Gasteiger partial charge is 0.384 e. The minimum absolute atomic E-state index is 0.474. The normalized spacial score (nSPS) is 25.6. The average molecular weight is 268 g/mol. The Labute approximate surface area is 118 Å². The van der Waals surface area contributed by atoms with E-state index in [2.05, 4.69) is 4.90 Å². The summed E-state index contributed by atoms with van der Waals surface area (Å²) in [6.45, 7) is 5.62. The lowest BCUT2D eigenvalue weighted by Crippen LogP contribution is -2.40. The summed E-state index contributed by atoms with van der Waals surface area (Å²) in [7, 11) is 1.82. The van der Waals surface area contributed by atoms with Crippen LogP contribution in [-0.4, -0.2) is 44.8 Å². The first kappa shape index (κ1) is 15.3. The lowest BCUT2D eigenvalue weighted by atomic mass is 9.72. The van der Waals surface area contributed by atoms with Gasteiger partial charge in [0, 0.05) is 13.7 Å². The van der Waals surface area contributed by atoms with Gasteiger partial charge in [-0.25, -0.2) is 0 Å². The predicted octanol–water partition coefficient (Wildman–Crippen LogP) is 2.64. The lowest BCUT2D eigenvalue weighted by molar-refractivity contribution is 0.0855. The van der Waals surface area contributed by atoms with Gasteiger partial charge in [0.05, 0.1) is 0 Å². The Balaban J connectivity index is 1.70. The zero-order chi connectivity index (χ0) is 13.6. The molecule has 1 saturated carbocycles. The number of nitrogens with zero attached hydrogens (tertiary/aromatic N) is 1. The van der Waals surface area contributed by atoms with Gasteiger partial charge in [0.2, 0.25) is 0 Å². The molecule has 3 nitrogen and oxygen atoms in total. The Morgan fingerprint density at radius 3 is 2.42 bits per heavy atom. The molecule has 0 aromatic heterocycles. The molecule has 0 aromatic carbocycles. The summed E-state index contributed by atoms with van der Waals surface area (Å²) in [4.78, 5) is 2.65. The lowest BCUT2D eigenvalue weighted by Gasteiger charge is -2.39. The maximum atomic E-state index is 6.08. The van der Waals surface area contributed by atoms with Gasteiger partial charge in [-0.2, -0.15) is 0 Å². The van der Waals surface area contributed by atoms with E-state index < -0.39 is 0 Å². The van der Waals surface area contributed by atoms with Gasteiger partial charge in [-0.15, -0.1) is 0 Å². The fourth-order valence-electron chi connectivity index (χ4n) is 3.87. The molecule has 2 fully saturated rings. The van der Waals surface area contributed by atoms with Crippen molar-refractivity contribution in [3.63, 3.8) is 0 Å². The van der Waals surface area contributed by atoms with Gasteiger partial charge in [-0.05, 0) is 69.6 Å². The molecular formula is C16H32N2O. The molecule has 19 heavy (non-hydrogen) atoms. The monoisotopic (exact) mass is 268 g/mol. The van der Waals surface area contributed by atoms with E-state index >= 15 is 0 Å². The maximum Gasteiger partial charge on any atom is 0.0491 e. The van der Waals surface area contributed by atoms with Crippen LogP contribution >= 0.6 is 0 Å². The Bertz CT molecular complexity index is 243. The van der Waals surface area contributed by atoms with E-state index in [4.69, 9.17) is 10.5 Å². The molecule has 3 heteroatoms. The van der Waals surface area contributed by atoms with Gasteiger partial charge in [-0.3, -0.25) is 0 Å². The van der Waals surface area contributed by atoms with Crippen LogP contribution in [0.5, 0.6) is 0 Å². The Hall–Kier alpha value is -0.120. The summed E-state index contributed by atoms with van der Waals surface area (Å²) in [6.07, 6.45) is 10.9. The van der Waals surface area contributed by atoms with E-state index in [0.717, 1.165) is 19.1 Å². The summed E-state index contributed by atoms with van der Waals surface area (Å²) in [5.41, 5.74) is 6.55. The quantitative estimate of drug-likeness (QED) is 0.805. The van der Waals surface area contributed by atoms with Crippen LogP contribution in [0.25, 0.3) is 0 Å². The second-order valence-electron chi connectivity index (χ2n) is 6.76. The number of rotatable bonds is 6. The van der Waals surface area contributed by atoms with Crippen molar-refractivity contribution in [2.24, 2.45) is 17.1 Å². The van der Waals surface area contributed by atoms with Crippen LogP contribution < -0.4 is 5.73 Å². The van der Waals surface area contributed by atoms with E-state index in [-0.39, 0.29) is 0 Å². The van der Waals surface area contributed by atoms with E-state index in [1.807, 2.05) is 7.11 Å². The van der Waals surface area contributed by atoms with Gasteiger partial charge in [0.15, 0.2) is 0 Å².